The first kappa shape index (κ1) is 35.0. The van der Waals surface area contributed by atoms with Crippen LogP contribution in [-0.4, -0.2) is 62.7 Å². The predicted octanol–water partition coefficient (Wildman–Crippen LogP) is 6.63. The van der Waals surface area contributed by atoms with Crippen LogP contribution in [0.5, 0.6) is 17.5 Å². The van der Waals surface area contributed by atoms with Crippen molar-refractivity contribution in [3.63, 3.8) is 0 Å². The molecule has 1 fully saturated rings. The molecule has 1 atom stereocenters. The highest BCUT2D eigenvalue weighted by atomic mass is 35.5. The molecule has 0 unspecified atom stereocenters. The standard InChI is InChI=1S/C37H37Cl2N7O4/c1-49-36-29(11-3-6-23-12-13-33(48)44-23)42-20-30(45-36)27-9-4-7-25(34(27)38)26-8-5-10-28(35(26)39)31-21-43-32(37(46-31)50-2)19-40-15-14-22-16-24(47)18-41-17-22/h4-5,7-10,16-18,20-21,23,40,47H,3,6,11-15,19H2,1-2H3,(H,44,48)/t23-/m1/s1. The minimum atomic E-state index is 0.119. The molecule has 0 radical (unpaired) electrons. The Hall–Kier alpha value is -4.84. The Labute approximate surface area is 300 Å². The second kappa shape index (κ2) is 16.2. The molecule has 0 bridgehead atoms. The van der Waals surface area contributed by atoms with E-state index in [-0.39, 0.29) is 17.7 Å². The zero-order chi connectivity index (χ0) is 35.0. The highest BCUT2D eigenvalue weighted by molar-refractivity contribution is 6.39. The van der Waals surface area contributed by atoms with Crippen molar-refractivity contribution in [2.75, 3.05) is 20.8 Å². The number of pyridine rings is 1. The van der Waals surface area contributed by atoms with Gasteiger partial charge in [-0.1, -0.05) is 59.6 Å². The number of amides is 1. The van der Waals surface area contributed by atoms with Gasteiger partial charge < -0.3 is 25.2 Å². The molecule has 0 spiro atoms. The number of hydrogen-bond donors (Lipinski definition) is 3. The van der Waals surface area contributed by atoms with Gasteiger partial charge in [-0.25, -0.2) is 9.97 Å². The van der Waals surface area contributed by atoms with Crippen LogP contribution in [0, 0.1) is 0 Å². The summed E-state index contributed by atoms with van der Waals surface area (Å²) in [5.74, 6) is 1.09. The van der Waals surface area contributed by atoms with Crippen LogP contribution in [0.1, 0.15) is 42.6 Å². The Bertz CT molecular complexity index is 1990. The lowest BCUT2D eigenvalue weighted by Gasteiger charge is -2.15. The Balaban J connectivity index is 1.18. The molecule has 13 heteroatoms. The summed E-state index contributed by atoms with van der Waals surface area (Å²) in [6.45, 7) is 1.09. The zero-order valence-corrected chi connectivity index (χ0v) is 29.3. The van der Waals surface area contributed by atoms with Crippen molar-refractivity contribution in [1.29, 1.82) is 0 Å². The summed E-state index contributed by atoms with van der Waals surface area (Å²) in [7, 11) is 3.14. The number of benzene rings is 2. The maximum atomic E-state index is 11.5. The van der Waals surface area contributed by atoms with E-state index >= 15 is 0 Å². The van der Waals surface area contributed by atoms with Crippen molar-refractivity contribution < 1.29 is 19.4 Å². The molecular formula is C37H37Cl2N7O4. The van der Waals surface area contributed by atoms with E-state index in [0.29, 0.717) is 82.4 Å². The zero-order valence-electron chi connectivity index (χ0n) is 27.7. The van der Waals surface area contributed by atoms with Crippen molar-refractivity contribution in [2.45, 2.75) is 51.1 Å². The van der Waals surface area contributed by atoms with Gasteiger partial charge in [0.1, 0.15) is 17.1 Å². The van der Waals surface area contributed by atoms with Gasteiger partial charge in [0.25, 0.3) is 0 Å². The fourth-order valence-corrected chi connectivity index (χ4v) is 6.66. The van der Waals surface area contributed by atoms with Crippen LogP contribution in [-0.2, 0) is 24.2 Å². The number of carbonyl (C=O) groups is 1. The van der Waals surface area contributed by atoms with Crippen LogP contribution in [0.3, 0.4) is 0 Å². The number of rotatable bonds is 14. The largest absolute Gasteiger partial charge is 0.506 e. The minimum absolute atomic E-state index is 0.119. The average molecular weight is 715 g/mol. The number of hydrogen-bond acceptors (Lipinski definition) is 10. The summed E-state index contributed by atoms with van der Waals surface area (Å²) in [6.07, 6.45) is 11.1. The van der Waals surface area contributed by atoms with Gasteiger partial charge in [-0.2, -0.15) is 0 Å². The third-order valence-electron chi connectivity index (χ3n) is 8.56. The minimum Gasteiger partial charge on any atom is -0.506 e. The van der Waals surface area contributed by atoms with E-state index in [1.54, 1.807) is 38.9 Å². The maximum absolute atomic E-state index is 11.5. The third kappa shape index (κ3) is 8.13. The SMILES string of the molecule is COc1nc(-c2cccc(-c3cccc(-c4cnc(CNCCc5cncc(O)c5)c(OC)n4)c3Cl)c2Cl)cnc1CCC[C@@H]1CCC(=O)N1. The number of aryl methyl sites for hydroxylation is 1. The van der Waals surface area contributed by atoms with E-state index in [2.05, 4.69) is 25.6 Å². The normalized spacial score (nSPS) is 14.1. The van der Waals surface area contributed by atoms with Crippen molar-refractivity contribution in [3.05, 3.63) is 94.2 Å². The molecule has 3 aromatic heterocycles. The fraction of sp³-hybridized carbons (Fsp3) is 0.297. The molecule has 1 saturated heterocycles. The lowest BCUT2D eigenvalue weighted by molar-refractivity contribution is -0.119. The van der Waals surface area contributed by atoms with E-state index in [9.17, 15) is 9.90 Å². The second-order valence-electron chi connectivity index (χ2n) is 11.9. The number of aromatic hydroxyl groups is 1. The van der Waals surface area contributed by atoms with Crippen LogP contribution in [0.2, 0.25) is 10.0 Å². The second-order valence-corrected chi connectivity index (χ2v) is 12.7. The van der Waals surface area contributed by atoms with E-state index in [0.717, 1.165) is 41.6 Å². The third-order valence-corrected chi connectivity index (χ3v) is 9.38. The first-order valence-corrected chi connectivity index (χ1v) is 17.1. The van der Waals surface area contributed by atoms with Gasteiger partial charge in [0.15, 0.2) is 0 Å². The molecule has 4 heterocycles. The van der Waals surface area contributed by atoms with Gasteiger partial charge in [-0.15, -0.1) is 0 Å². The number of nitrogens with zero attached hydrogens (tertiary/aromatic N) is 5. The highest BCUT2D eigenvalue weighted by Gasteiger charge is 2.22. The average Bonchev–Trinajstić information content (AvgIpc) is 3.55. The molecule has 6 rings (SSSR count). The van der Waals surface area contributed by atoms with Crippen LogP contribution in [0.25, 0.3) is 33.6 Å². The quantitative estimate of drug-likeness (QED) is 0.107. The Morgan fingerprint density at radius 2 is 1.48 bits per heavy atom. The highest BCUT2D eigenvalue weighted by Crippen LogP contribution is 2.42. The molecule has 5 aromatic rings. The van der Waals surface area contributed by atoms with Crippen LogP contribution >= 0.6 is 23.2 Å². The maximum Gasteiger partial charge on any atom is 0.237 e. The smallest absolute Gasteiger partial charge is 0.237 e. The summed E-state index contributed by atoms with van der Waals surface area (Å²) < 4.78 is 11.2. The first-order valence-electron chi connectivity index (χ1n) is 16.4. The van der Waals surface area contributed by atoms with Gasteiger partial charge in [0, 0.05) is 47.5 Å². The number of halogens is 2. The summed E-state index contributed by atoms with van der Waals surface area (Å²) >= 11 is 14.1. The van der Waals surface area contributed by atoms with Crippen molar-refractivity contribution >= 4 is 29.1 Å². The molecule has 0 saturated carbocycles. The monoisotopic (exact) mass is 713 g/mol. The molecule has 1 aliphatic heterocycles. The summed E-state index contributed by atoms with van der Waals surface area (Å²) in [6, 6.07) is 13.3. The number of ether oxygens (including phenoxy) is 2. The van der Waals surface area contributed by atoms with E-state index in [1.165, 1.54) is 6.20 Å². The van der Waals surface area contributed by atoms with Gasteiger partial charge >= 0.3 is 0 Å². The van der Waals surface area contributed by atoms with Gasteiger partial charge in [0.05, 0.1) is 54.2 Å². The van der Waals surface area contributed by atoms with Crippen molar-refractivity contribution in [3.8, 4) is 51.2 Å². The van der Waals surface area contributed by atoms with Gasteiger partial charge in [-0.05, 0) is 50.3 Å². The summed E-state index contributed by atoms with van der Waals surface area (Å²) in [5.41, 5.74) is 6.28. The summed E-state index contributed by atoms with van der Waals surface area (Å²) in [4.78, 5) is 34.3. The van der Waals surface area contributed by atoms with E-state index < -0.39 is 0 Å². The molecule has 1 amide bonds. The van der Waals surface area contributed by atoms with Gasteiger partial charge in [0.2, 0.25) is 17.7 Å². The molecule has 2 aromatic carbocycles. The number of carbonyl (C=O) groups excluding carboxylic acids is 1. The van der Waals surface area contributed by atoms with Gasteiger partial charge in [-0.3, -0.25) is 19.7 Å². The lowest BCUT2D eigenvalue weighted by Crippen LogP contribution is -2.25. The van der Waals surface area contributed by atoms with Crippen molar-refractivity contribution in [1.82, 2.24) is 35.6 Å². The molecular weight excluding hydrogens is 677 g/mol. The molecule has 258 valence electrons. The molecule has 0 aliphatic carbocycles. The predicted molar refractivity (Wildman–Crippen MR) is 192 cm³/mol. The number of aromatic nitrogens is 5. The lowest BCUT2D eigenvalue weighted by atomic mass is 9.98. The molecule has 1 aliphatic rings. The summed E-state index contributed by atoms with van der Waals surface area (Å²) in [5, 5.41) is 16.9. The van der Waals surface area contributed by atoms with E-state index in [1.807, 2.05) is 36.4 Å². The number of methoxy groups -OCH3 is 2. The van der Waals surface area contributed by atoms with Crippen LogP contribution < -0.4 is 20.1 Å². The van der Waals surface area contributed by atoms with Crippen LogP contribution in [0.15, 0.2) is 67.3 Å². The topological polar surface area (TPSA) is 144 Å². The molecule has 11 nitrogen and oxygen atoms in total. The fourth-order valence-electron chi connectivity index (χ4n) is 6.01. The Morgan fingerprint density at radius 3 is 2.08 bits per heavy atom. The van der Waals surface area contributed by atoms with Crippen molar-refractivity contribution in [2.24, 2.45) is 0 Å². The Morgan fingerprint density at radius 1 is 0.860 bits per heavy atom. The number of nitrogens with one attached hydrogen (secondary N) is 2. The molecule has 3 N–H and O–H groups in total. The van der Waals surface area contributed by atoms with E-state index in [4.69, 9.17) is 42.6 Å². The van der Waals surface area contributed by atoms with Crippen LogP contribution in [0.4, 0.5) is 0 Å². The molecule has 50 heavy (non-hydrogen) atoms. The Kier molecular flexibility index (Phi) is 11.4. The first-order chi connectivity index (χ1) is 24.3.